The van der Waals surface area contributed by atoms with E-state index in [-0.39, 0.29) is 0 Å². The Labute approximate surface area is 170 Å². The Bertz CT molecular complexity index is 758. The maximum Gasteiger partial charge on any atom is 0.172 e. The molecule has 1 aromatic carbocycles. The highest BCUT2D eigenvalue weighted by Gasteiger charge is 2.12. The second-order valence-electron chi connectivity index (χ2n) is 6.05. The highest BCUT2D eigenvalue weighted by atomic mass is 79.9. The molecular weight excluding hydrogens is 464 g/mol. The minimum atomic E-state index is 0.554. The number of hydrogen-bond donors (Lipinski definition) is 2. The van der Waals surface area contributed by atoms with Crippen LogP contribution in [0.25, 0.3) is 0 Å². The molecule has 1 fully saturated rings. The van der Waals surface area contributed by atoms with E-state index in [2.05, 4.69) is 76.6 Å². The van der Waals surface area contributed by atoms with Crippen LogP contribution in [0.1, 0.15) is 24.1 Å². The van der Waals surface area contributed by atoms with Crippen molar-refractivity contribution in [3.63, 3.8) is 0 Å². The van der Waals surface area contributed by atoms with Gasteiger partial charge in [-0.05, 0) is 87.6 Å². The number of aromatic nitrogens is 1. The van der Waals surface area contributed by atoms with Gasteiger partial charge in [-0.1, -0.05) is 12.1 Å². The molecule has 1 saturated heterocycles. The number of benzene rings is 1. The Morgan fingerprint density at radius 3 is 2.52 bits per heavy atom. The fraction of sp³-hybridized carbons (Fsp3) is 0.333. The average Bonchev–Trinajstić information content (AvgIpc) is 3.13. The van der Waals surface area contributed by atoms with Crippen LogP contribution >= 0.6 is 44.1 Å². The number of thiocarbonyl (C=S) groups is 1. The fourth-order valence-electron chi connectivity index (χ4n) is 2.78. The molecule has 0 spiro atoms. The summed E-state index contributed by atoms with van der Waals surface area (Å²) in [5.41, 5.74) is 3.41. The molecule has 1 aromatic heterocycles. The minimum absolute atomic E-state index is 0.554. The lowest BCUT2D eigenvalue weighted by Gasteiger charge is -2.18. The van der Waals surface area contributed by atoms with Crippen molar-refractivity contribution < 1.29 is 0 Å². The van der Waals surface area contributed by atoms with E-state index in [0.29, 0.717) is 17.5 Å². The first-order valence-electron chi connectivity index (χ1n) is 8.24. The lowest BCUT2D eigenvalue weighted by atomic mass is 10.2. The van der Waals surface area contributed by atoms with Crippen molar-refractivity contribution in [3.05, 3.63) is 50.5 Å². The van der Waals surface area contributed by atoms with Gasteiger partial charge in [0.15, 0.2) is 5.11 Å². The molecule has 7 heteroatoms. The molecule has 25 heavy (non-hydrogen) atoms. The summed E-state index contributed by atoms with van der Waals surface area (Å²) in [6.07, 6.45) is 2.59. The van der Waals surface area contributed by atoms with E-state index in [9.17, 15) is 0 Å². The van der Waals surface area contributed by atoms with Crippen molar-refractivity contribution in [2.45, 2.75) is 26.3 Å². The smallest absolute Gasteiger partial charge is 0.172 e. The summed E-state index contributed by atoms with van der Waals surface area (Å²) in [6.45, 7) is 4.96. The highest BCUT2D eigenvalue weighted by Crippen LogP contribution is 2.26. The van der Waals surface area contributed by atoms with Crippen LogP contribution in [0.3, 0.4) is 0 Å². The van der Waals surface area contributed by atoms with Crippen LogP contribution < -0.4 is 15.5 Å². The zero-order chi connectivity index (χ0) is 17.8. The Morgan fingerprint density at radius 2 is 1.84 bits per heavy atom. The lowest BCUT2D eigenvalue weighted by molar-refractivity contribution is 0.919. The first kappa shape index (κ1) is 18.6. The summed E-state index contributed by atoms with van der Waals surface area (Å²) in [5, 5.41) is 6.92. The SMILES string of the molecule is Cc1nc(NC(=S)NCc2ccc(N3CCCC3)cc2)c(Br)cc1Br. The standard InChI is InChI=1S/C18H20Br2N4S/c1-12-15(19)10-16(20)17(22-12)23-18(25)21-11-13-4-6-14(7-5-13)24-8-2-3-9-24/h4-7,10H,2-3,8-9,11H2,1H3,(H2,21,22,23,25). The second kappa shape index (κ2) is 8.47. The van der Waals surface area contributed by atoms with E-state index in [1.165, 1.54) is 37.2 Å². The van der Waals surface area contributed by atoms with Gasteiger partial charge in [0.1, 0.15) is 5.82 Å². The maximum absolute atomic E-state index is 5.38. The van der Waals surface area contributed by atoms with Crippen LogP contribution in [-0.4, -0.2) is 23.2 Å². The van der Waals surface area contributed by atoms with Gasteiger partial charge in [-0.25, -0.2) is 4.98 Å². The van der Waals surface area contributed by atoms with Crippen LogP contribution in [0.15, 0.2) is 39.3 Å². The number of nitrogens with zero attached hydrogens (tertiary/aromatic N) is 2. The van der Waals surface area contributed by atoms with Crippen molar-refractivity contribution in [1.29, 1.82) is 0 Å². The fourth-order valence-corrected chi connectivity index (χ4v) is 3.99. The topological polar surface area (TPSA) is 40.2 Å². The Kier molecular flexibility index (Phi) is 6.30. The van der Waals surface area contributed by atoms with E-state index in [4.69, 9.17) is 12.2 Å². The van der Waals surface area contributed by atoms with Crippen LogP contribution in [0.5, 0.6) is 0 Å². The molecule has 0 unspecified atom stereocenters. The molecule has 2 heterocycles. The molecule has 0 radical (unpaired) electrons. The van der Waals surface area contributed by atoms with Crippen LogP contribution in [0, 0.1) is 6.92 Å². The van der Waals surface area contributed by atoms with E-state index in [0.717, 1.165) is 14.6 Å². The Hall–Kier alpha value is -1.18. The maximum atomic E-state index is 5.38. The third-order valence-corrected chi connectivity index (χ3v) is 5.85. The van der Waals surface area contributed by atoms with Crippen LogP contribution in [0.4, 0.5) is 11.5 Å². The van der Waals surface area contributed by atoms with Gasteiger partial charge in [0, 0.05) is 29.8 Å². The van der Waals surface area contributed by atoms with Crippen molar-refractivity contribution in [2.75, 3.05) is 23.3 Å². The molecule has 4 nitrogen and oxygen atoms in total. The molecule has 3 rings (SSSR count). The van der Waals surface area contributed by atoms with Crippen molar-refractivity contribution in [3.8, 4) is 0 Å². The quantitative estimate of drug-likeness (QED) is 0.598. The van der Waals surface area contributed by atoms with Gasteiger partial charge in [0.05, 0.1) is 10.2 Å². The second-order valence-corrected chi connectivity index (χ2v) is 8.17. The molecule has 0 saturated carbocycles. The minimum Gasteiger partial charge on any atom is -0.372 e. The molecule has 132 valence electrons. The number of nitrogens with one attached hydrogen (secondary N) is 2. The zero-order valence-corrected chi connectivity index (χ0v) is 18.0. The Morgan fingerprint density at radius 1 is 1.16 bits per heavy atom. The average molecular weight is 484 g/mol. The van der Waals surface area contributed by atoms with Gasteiger partial charge in [-0.3, -0.25) is 0 Å². The number of pyridine rings is 1. The summed E-state index contributed by atoms with van der Waals surface area (Å²) in [4.78, 5) is 6.92. The molecule has 0 atom stereocenters. The molecule has 0 aliphatic carbocycles. The van der Waals surface area contributed by atoms with Gasteiger partial charge in [-0.2, -0.15) is 0 Å². The molecular formula is C18H20Br2N4S. The largest absolute Gasteiger partial charge is 0.372 e. The number of anilines is 2. The monoisotopic (exact) mass is 482 g/mol. The molecule has 0 amide bonds. The summed E-state index contributed by atoms with van der Waals surface area (Å²) < 4.78 is 1.82. The van der Waals surface area contributed by atoms with Crippen LogP contribution in [0.2, 0.25) is 0 Å². The number of halogens is 2. The molecule has 2 aromatic rings. The van der Waals surface area contributed by atoms with Crippen molar-refractivity contribution in [2.24, 2.45) is 0 Å². The van der Waals surface area contributed by atoms with Gasteiger partial charge in [0.2, 0.25) is 0 Å². The summed E-state index contributed by atoms with van der Waals surface area (Å²) in [5.74, 6) is 0.711. The highest BCUT2D eigenvalue weighted by molar-refractivity contribution is 9.11. The summed E-state index contributed by atoms with van der Waals surface area (Å²) in [7, 11) is 0. The molecule has 1 aliphatic heterocycles. The lowest BCUT2D eigenvalue weighted by Crippen LogP contribution is -2.28. The van der Waals surface area contributed by atoms with Crippen molar-refractivity contribution in [1.82, 2.24) is 10.3 Å². The first-order chi connectivity index (χ1) is 12.0. The Balaban J connectivity index is 1.54. The van der Waals surface area contributed by atoms with E-state index in [1.807, 2.05) is 13.0 Å². The zero-order valence-electron chi connectivity index (χ0n) is 14.0. The first-order valence-corrected chi connectivity index (χ1v) is 10.2. The van der Waals surface area contributed by atoms with Gasteiger partial charge in [0.25, 0.3) is 0 Å². The number of hydrogen-bond acceptors (Lipinski definition) is 3. The normalized spacial score (nSPS) is 13.8. The van der Waals surface area contributed by atoms with Gasteiger partial charge < -0.3 is 15.5 Å². The third kappa shape index (κ3) is 4.92. The van der Waals surface area contributed by atoms with E-state index >= 15 is 0 Å². The number of rotatable bonds is 4. The summed E-state index contributed by atoms with van der Waals surface area (Å²) in [6, 6.07) is 10.6. The molecule has 2 N–H and O–H groups in total. The molecule has 1 aliphatic rings. The predicted molar refractivity (Wildman–Crippen MR) is 115 cm³/mol. The van der Waals surface area contributed by atoms with E-state index < -0.39 is 0 Å². The van der Waals surface area contributed by atoms with Gasteiger partial charge in [-0.15, -0.1) is 0 Å². The predicted octanol–water partition coefficient (Wildman–Crippen LogP) is 5.00. The van der Waals surface area contributed by atoms with Crippen molar-refractivity contribution >= 4 is 60.7 Å². The number of aryl methyl sites for hydroxylation is 1. The molecule has 0 bridgehead atoms. The van der Waals surface area contributed by atoms with Gasteiger partial charge >= 0.3 is 0 Å². The van der Waals surface area contributed by atoms with E-state index in [1.54, 1.807) is 0 Å². The van der Waals surface area contributed by atoms with Crippen LogP contribution in [-0.2, 0) is 6.54 Å². The third-order valence-electron chi connectivity index (χ3n) is 4.20. The summed E-state index contributed by atoms with van der Waals surface area (Å²) >= 11 is 12.3.